The third kappa shape index (κ3) is 2.67. The van der Waals surface area contributed by atoms with Crippen molar-refractivity contribution in [2.24, 2.45) is 0 Å². The summed E-state index contributed by atoms with van der Waals surface area (Å²) >= 11 is 1.00. The number of imidazole rings is 1. The van der Waals surface area contributed by atoms with Crippen molar-refractivity contribution >= 4 is 17.7 Å². The maximum Gasteiger partial charge on any atom is 0.313 e. The summed E-state index contributed by atoms with van der Waals surface area (Å²) in [6.07, 6.45) is 3.02. The lowest BCUT2D eigenvalue weighted by molar-refractivity contribution is -0.133. The lowest BCUT2D eigenvalue weighted by Gasteiger charge is -2.06. The molecule has 2 aromatic rings. The number of aliphatic carboxylic acids is 1. The van der Waals surface area contributed by atoms with Crippen LogP contribution in [0.3, 0.4) is 0 Å². The van der Waals surface area contributed by atoms with Gasteiger partial charge >= 0.3 is 5.97 Å². The van der Waals surface area contributed by atoms with Crippen LogP contribution in [-0.4, -0.2) is 26.4 Å². The van der Waals surface area contributed by atoms with Gasteiger partial charge in [0.2, 0.25) is 0 Å². The zero-order valence-corrected chi connectivity index (χ0v) is 9.82. The number of hydrogen-bond acceptors (Lipinski definition) is 3. The van der Waals surface area contributed by atoms with E-state index in [9.17, 15) is 13.6 Å². The highest BCUT2D eigenvalue weighted by molar-refractivity contribution is 7.99. The van der Waals surface area contributed by atoms with Crippen LogP contribution in [0.15, 0.2) is 35.7 Å². The van der Waals surface area contributed by atoms with Crippen molar-refractivity contribution in [2.45, 2.75) is 5.16 Å². The fourth-order valence-corrected chi connectivity index (χ4v) is 2.05. The van der Waals surface area contributed by atoms with Gasteiger partial charge in [-0.25, -0.2) is 13.8 Å². The molecule has 0 atom stereocenters. The summed E-state index contributed by atoms with van der Waals surface area (Å²) in [5.41, 5.74) is 0.388. The smallest absolute Gasteiger partial charge is 0.313 e. The van der Waals surface area contributed by atoms with E-state index < -0.39 is 17.6 Å². The van der Waals surface area contributed by atoms with Gasteiger partial charge in [-0.15, -0.1) is 0 Å². The molecular formula is C11H8F2N2O2S. The average Bonchev–Trinajstić information content (AvgIpc) is 2.78. The summed E-state index contributed by atoms with van der Waals surface area (Å²) < 4.78 is 27.4. The third-order valence-corrected chi connectivity index (χ3v) is 3.06. The van der Waals surface area contributed by atoms with Gasteiger partial charge in [-0.2, -0.15) is 0 Å². The molecule has 7 heteroatoms. The van der Waals surface area contributed by atoms with Gasteiger partial charge in [-0.1, -0.05) is 11.8 Å². The number of aromatic nitrogens is 2. The van der Waals surface area contributed by atoms with E-state index in [-0.39, 0.29) is 5.75 Å². The normalized spacial score (nSPS) is 10.6. The molecule has 94 valence electrons. The van der Waals surface area contributed by atoms with Crippen LogP contribution in [-0.2, 0) is 4.79 Å². The van der Waals surface area contributed by atoms with E-state index >= 15 is 0 Å². The standard InChI is InChI=1S/C11H8F2N2O2S/c12-8-2-1-7(5-9(8)13)15-4-3-14-11(15)18-6-10(16)17/h1-5H,6H2,(H,16,17). The first-order valence-corrected chi connectivity index (χ1v) is 5.90. The fourth-order valence-electron chi connectivity index (χ4n) is 1.35. The first-order chi connectivity index (χ1) is 8.58. The van der Waals surface area contributed by atoms with E-state index in [2.05, 4.69) is 4.98 Å². The highest BCUT2D eigenvalue weighted by Crippen LogP contribution is 2.21. The molecule has 0 saturated heterocycles. The van der Waals surface area contributed by atoms with Crippen LogP contribution in [0.2, 0.25) is 0 Å². The van der Waals surface area contributed by atoms with Crippen LogP contribution in [0.4, 0.5) is 8.78 Å². The van der Waals surface area contributed by atoms with E-state index in [1.165, 1.54) is 16.8 Å². The van der Waals surface area contributed by atoms with Crippen LogP contribution in [0.1, 0.15) is 0 Å². The number of hydrogen-bond donors (Lipinski definition) is 1. The number of nitrogens with zero attached hydrogens (tertiary/aromatic N) is 2. The van der Waals surface area contributed by atoms with Gasteiger partial charge in [-0.3, -0.25) is 9.36 Å². The highest BCUT2D eigenvalue weighted by Gasteiger charge is 2.10. The molecule has 0 aliphatic carbocycles. The fraction of sp³-hybridized carbons (Fsp3) is 0.0909. The van der Waals surface area contributed by atoms with Gasteiger partial charge in [0.25, 0.3) is 0 Å². The Hall–Kier alpha value is -1.89. The first kappa shape index (κ1) is 12.6. The molecule has 0 bridgehead atoms. The molecule has 0 fully saturated rings. The van der Waals surface area contributed by atoms with Crippen molar-refractivity contribution in [3.63, 3.8) is 0 Å². The Morgan fingerprint density at radius 2 is 2.17 bits per heavy atom. The van der Waals surface area contributed by atoms with Crippen LogP contribution in [0.5, 0.6) is 0 Å². The van der Waals surface area contributed by atoms with Crippen molar-refractivity contribution in [3.8, 4) is 5.69 Å². The number of carboxylic acids is 1. The van der Waals surface area contributed by atoms with Crippen LogP contribution < -0.4 is 0 Å². The molecule has 0 radical (unpaired) electrons. The molecule has 0 unspecified atom stereocenters. The number of rotatable bonds is 4. The molecule has 1 aromatic carbocycles. The Balaban J connectivity index is 2.30. The summed E-state index contributed by atoms with van der Waals surface area (Å²) in [6.45, 7) is 0. The van der Waals surface area contributed by atoms with E-state index in [1.807, 2.05) is 0 Å². The average molecular weight is 270 g/mol. The molecule has 0 amide bonds. The van der Waals surface area contributed by atoms with E-state index in [1.54, 1.807) is 6.20 Å². The summed E-state index contributed by atoms with van der Waals surface area (Å²) in [7, 11) is 0. The van der Waals surface area contributed by atoms with Gasteiger partial charge in [0, 0.05) is 18.5 Å². The van der Waals surface area contributed by atoms with E-state index in [0.717, 1.165) is 23.9 Å². The molecular weight excluding hydrogens is 262 g/mol. The van der Waals surface area contributed by atoms with Crippen molar-refractivity contribution in [2.75, 3.05) is 5.75 Å². The molecule has 0 aliphatic heterocycles. The second-order valence-corrected chi connectivity index (χ2v) is 4.30. The number of carbonyl (C=O) groups is 1. The zero-order valence-electron chi connectivity index (χ0n) is 9.01. The van der Waals surface area contributed by atoms with Gasteiger partial charge in [0.05, 0.1) is 11.4 Å². The van der Waals surface area contributed by atoms with Crippen molar-refractivity contribution in [1.82, 2.24) is 9.55 Å². The molecule has 4 nitrogen and oxygen atoms in total. The Morgan fingerprint density at radius 1 is 1.39 bits per heavy atom. The minimum atomic E-state index is -0.972. The number of carboxylic acid groups (broad SMARTS) is 1. The van der Waals surface area contributed by atoms with Crippen molar-refractivity contribution < 1.29 is 18.7 Å². The molecule has 18 heavy (non-hydrogen) atoms. The summed E-state index contributed by atoms with van der Waals surface area (Å²) in [4.78, 5) is 14.4. The summed E-state index contributed by atoms with van der Waals surface area (Å²) in [5.74, 6) is -3.02. The zero-order chi connectivity index (χ0) is 13.1. The van der Waals surface area contributed by atoms with Crippen molar-refractivity contribution in [3.05, 3.63) is 42.2 Å². The summed E-state index contributed by atoms with van der Waals surface area (Å²) in [5, 5.41) is 8.99. The second-order valence-electron chi connectivity index (χ2n) is 3.36. The molecule has 0 aliphatic rings. The van der Waals surface area contributed by atoms with Gasteiger partial charge < -0.3 is 5.11 Å². The lowest BCUT2D eigenvalue weighted by Crippen LogP contribution is -2.02. The SMILES string of the molecule is O=C(O)CSc1nccn1-c1ccc(F)c(F)c1. The van der Waals surface area contributed by atoms with Crippen LogP contribution in [0.25, 0.3) is 5.69 Å². The minimum Gasteiger partial charge on any atom is -0.481 e. The quantitative estimate of drug-likeness (QED) is 0.866. The predicted molar refractivity (Wildman–Crippen MR) is 61.8 cm³/mol. The first-order valence-electron chi connectivity index (χ1n) is 4.91. The Morgan fingerprint density at radius 3 is 2.83 bits per heavy atom. The van der Waals surface area contributed by atoms with Crippen LogP contribution in [0, 0.1) is 11.6 Å². The second kappa shape index (κ2) is 5.18. The molecule has 1 N–H and O–H groups in total. The van der Waals surface area contributed by atoms with Gasteiger partial charge in [0.1, 0.15) is 0 Å². The van der Waals surface area contributed by atoms with E-state index in [0.29, 0.717) is 10.8 Å². The Labute approximate surface area is 105 Å². The number of benzene rings is 1. The van der Waals surface area contributed by atoms with Gasteiger partial charge in [-0.05, 0) is 12.1 Å². The van der Waals surface area contributed by atoms with Crippen LogP contribution >= 0.6 is 11.8 Å². The molecule has 0 spiro atoms. The predicted octanol–water partition coefficient (Wildman–Crippen LogP) is 2.33. The monoisotopic (exact) mass is 270 g/mol. The highest BCUT2D eigenvalue weighted by atomic mass is 32.2. The molecule has 1 heterocycles. The van der Waals surface area contributed by atoms with E-state index in [4.69, 9.17) is 5.11 Å². The minimum absolute atomic E-state index is 0.152. The number of halogens is 2. The largest absolute Gasteiger partial charge is 0.481 e. The third-order valence-electron chi connectivity index (χ3n) is 2.11. The Bertz CT molecular complexity index is 586. The maximum absolute atomic E-state index is 13.1. The van der Waals surface area contributed by atoms with Crippen molar-refractivity contribution in [1.29, 1.82) is 0 Å². The summed E-state index contributed by atoms with van der Waals surface area (Å²) in [6, 6.07) is 3.43. The molecule has 0 saturated carbocycles. The Kier molecular flexibility index (Phi) is 3.61. The number of thioether (sulfide) groups is 1. The van der Waals surface area contributed by atoms with Gasteiger partial charge in [0.15, 0.2) is 16.8 Å². The molecule has 1 aromatic heterocycles. The maximum atomic E-state index is 13.1. The molecule has 2 rings (SSSR count). The lowest BCUT2D eigenvalue weighted by atomic mass is 10.3. The topological polar surface area (TPSA) is 55.1 Å².